The average Bonchev–Trinajstić information content (AvgIpc) is 2.95. The third-order valence-electron chi connectivity index (χ3n) is 7.14. The maximum atomic E-state index is 13.7. The van der Waals surface area contributed by atoms with Crippen LogP contribution in [-0.2, 0) is 16.6 Å². The monoisotopic (exact) mass is 601 g/mol. The molecule has 0 radical (unpaired) electrons. The second-order valence-electron chi connectivity index (χ2n) is 10.4. The van der Waals surface area contributed by atoms with Crippen LogP contribution >= 0.6 is 11.6 Å². The summed E-state index contributed by atoms with van der Waals surface area (Å²) >= 11 is 5.91. The number of fused-ring (bicyclic) bond motifs is 1. The van der Waals surface area contributed by atoms with E-state index in [0.717, 1.165) is 11.3 Å². The Balaban J connectivity index is 1.61. The van der Waals surface area contributed by atoms with Gasteiger partial charge in [0.15, 0.2) is 0 Å². The average molecular weight is 602 g/mol. The van der Waals surface area contributed by atoms with Crippen molar-refractivity contribution in [3.8, 4) is 11.5 Å². The maximum Gasteiger partial charge on any atom is 0.261 e. The zero-order chi connectivity index (χ0) is 29.7. The van der Waals surface area contributed by atoms with Crippen LogP contribution in [0.15, 0.2) is 71.6 Å². The molecule has 3 atom stereocenters. The van der Waals surface area contributed by atoms with Gasteiger partial charge in [-0.25, -0.2) is 8.42 Å². The van der Waals surface area contributed by atoms with Gasteiger partial charge in [0, 0.05) is 36.3 Å². The van der Waals surface area contributed by atoms with E-state index in [4.69, 9.17) is 21.1 Å². The Hall–Kier alpha value is -3.31. The lowest BCUT2D eigenvalue weighted by Crippen LogP contribution is -2.49. The predicted molar refractivity (Wildman–Crippen MR) is 159 cm³/mol. The van der Waals surface area contributed by atoms with Crippen molar-refractivity contribution in [1.82, 2.24) is 9.80 Å². The number of sulfonamides is 1. The van der Waals surface area contributed by atoms with Gasteiger partial charge in [-0.15, -0.1) is 0 Å². The van der Waals surface area contributed by atoms with Crippen molar-refractivity contribution in [2.75, 3.05) is 38.6 Å². The topological polar surface area (TPSA) is 108 Å². The van der Waals surface area contributed by atoms with Crippen LogP contribution in [0.4, 0.5) is 5.69 Å². The van der Waals surface area contributed by atoms with E-state index in [-0.39, 0.29) is 40.7 Å². The van der Waals surface area contributed by atoms with Crippen LogP contribution in [0.5, 0.6) is 11.5 Å². The number of likely N-dealkylation sites (N-methyl/N-ethyl adjacent to an activating group) is 1. The van der Waals surface area contributed by atoms with Crippen LogP contribution in [0, 0.1) is 5.92 Å². The highest BCUT2D eigenvalue weighted by Gasteiger charge is 2.33. The Morgan fingerprint density at radius 2 is 1.83 bits per heavy atom. The van der Waals surface area contributed by atoms with Gasteiger partial charge in [-0.05, 0) is 74.1 Å². The molecule has 11 heteroatoms. The lowest BCUT2D eigenvalue weighted by atomic mass is 9.99. The highest BCUT2D eigenvalue weighted by molar-refractivity contribution is 7.92. The number of benzene rings is 3. The summed E-state index contributed by atoms with van der Waals surface area (Å²) in [6.07, 6.45) is -0.282. The van der Waals surface area contributed by atoms with E-state index < -0.39 is 16.1 Å². The van der Waals surface area contributed by atoms with Gasteiger partial charge in [-0.2, -0.15) is 0 Å². The Bertz CT molecular complexity index is 1450. The number of nitrogens with zero attached hydrogens (tertiary/aromatic N) is 2. The first kappa shape index (κ1) is 30.6. The third-order valence-corrected chi connectivity index (χ3v) is 8.79. The molecule has 3 aromatic rings. The molecule has 0 saturated heterocycles. The summed E-state index contributed by atoms with van der Waals surface area (Å²) in [4.78, 5) is 17.5. The van der Waals surface area contributed by atoms with Crippen LogP contribution in [0.3, 0.4) is 0 Å². The van der Waals surface area contributed by atoms with E-state index in [1.807, 2.05) is 38.2 Å². The number of amides is 1. The molecule has 220 valence electrons. The molecule has 0 aromatic heterocycles. The fourth-order valence-corrected chi connectivity index (χ4v) is 5.92. The van der Waals surface area contributed by atoms with Crippen LogP contribution in [0.25, 0.3) is 0 Å². The summed E-state index contributed by atoms with van der Waals surface area (Å²) in [5.74, 6) is 0.755. The number of hydrogen-bond acceptors (Lipinski definition) is 7. The van der Waals surface area contributed by atoms with Crippen molar-refractivity contribution < 1.29 is 27.8 Å². The normalized spacial score (nSPS) is 18.2. The van der Waals surface area contributed by atoms with Gasteiger partial charge in [-0.3, -0.25) is 14.4 Å². The number of aliphatic hydroxyl groups excluding tert-OH is 1. The van der Waals surface area contributed by atoms with Crippen molar-refractivity contribution in [1.29, 1.82) is 0 Å². The van der Waals surface area contributed by atoms with Gasteiger partial charge in [0.2, 0.25) is 0 Å². The number of anilines is 1. The number of ether oxygens (including phenoxy) is 2. The minimum atomic E-state index is -3.92. The predicted octanol–water partition coefficient (Wildman–Crippen LogP) is 4.50. The van der Waals surface area contributed by atoms with Gasteiger partial charge < -0.3 is 19.5 Å². The molecule has 1 aliphatic heterocycles. The highest BCUT2D eigenvalue weighted by Crippen LogP contribution is 2.31. The third kappa shape index (κ3) is 7.51. The fourth-order valence-electron chi connectivity index (χ4n) is 4.75. The lowest BCUT2D eigenvalue weighted by molar-refractivity contribution is 0.0341. The second kappa shape index (κ2) is 13.1. The summed E-state index contributed by atoms with van der Waals surface area (Å²) in [6.45, 7) is 5.22. The molecule has 3 aromatic carbocycles. The van der Waals surface area contributed by atoms with E-state index in [1.54, 1.807) is 31.1 Å². The molecule has 0 unspecified atom stereocenters. The zero-order valence-electron chi connectivity index (χ0n) is 23.6. The Morgan fingerprint density at radius 1 is 1.15 bits per heavy atom. The molecule has 1 amide bonds. The molecule has 1 heterocycles. The van der Waals surface area contributed by atoms with Crippen molar-refractivity contribution in [3.05, 3.63) is 82.9 Å². The van der Waals surface area contributed by atoms with Crippen molar-refractivity contribution >= 4 is 33.2 Å². The second-order valence-corrected chi connectivity index (χ2v) is 12.6. The number of carbonyl (C=O) groups is 1. The number of nitrogens with one attached hydrogen (secondary N) is 1. The quantitative estimate of drug-likeness (QED) is 0.352. The van der Waals surface area contributed by atoms with Crippen LogP contribution < -0.4 is 14.2 Å². The summed E-state index contributed by atoms with van der Waals surface area (Å²) in [6, 6.07) is 17.9. The largest absolute Gasteiger partial charge is 0.497 e. The Morgan fingerprint density at radius 3 is 2.46 bits per heavy atom. The SMILES string of the molecule is COc1ccc(CN(C)C[C@@H]2Oc3ccc(NS(=O)(=O)c4ccc(Cl)cc4)cc3C(=O)N([C@H](C)CO)C[C@H]2C)cc1. The number of carbonyl (C=O) groups excluding carboxylic acids is 1. The van der Waals surface area contributed by atoms with E-state index in [0.29, 0.717) is 30.4 Å². The van der Waals surface area contributed by atoms with Gasteiger partial charge >= 0.3 is 0 Å². The van der Waals surface area contributed by atoms with Gasteiger partial charge in [0.25, 0.3) is 15.9 Å². The molecule has 4 rings (SSSR count). The molecule has 0 bridgehead atoms. The number of rotatable bonds is 10. The lowest BCUT2D eigenvalue weighted by Gasteiger charge is -2.38. The molecule has 2 N–H and O–H groups in total. The Kier molecular flexibility index (Phi) is 9.80. The zero-order valence-corrected chi connectivity index (χ0v) is 25.2. The molecule has 9 nitrogen and oxygen atoms in total. The first-order valence-electron chi connectivity index (χ1n) is 13.3. The van der Waals surface area contributed by atoms with Crippen LogP contribution in [0.2, 0.25) is 5.02 Å². The fraction of sp³-hybridized carbons (Fsp3) is 0.367. The maximum absolute atomic E-state index is 13.7. The molecule has 41 heavy (non-hydrogen) atoms. The van der Waals surface area contributed by atoms with E-state index in [2.05, 4.69) is 9.62 Å². The summed E-state index contributed by atoms with van der Waals surface area (Å²) in [5.41, 5.74) is 1.56. The molecular weight excluding hydrogens is 566 g/mol. The first-order chi connectivity index (χ1) is 19.5. The molecule has 0 aliphatic carbocycles. The van der Waals surface area contributed by atoms with Crippen molar-refractivity contribution in [2.24, 2.45) is 5.92 Å². The minimum Gasteiger partial charge on any atom is -0.497 e. The Labute approximate surface area is 246 Å². The summed E-state index contributed by atoms with van der Waals surface area (Å²) in [5, 5.41) is 10.3. The first-order valence-corrected chi connectivity index (χ1v) is 15.2. The summed E-state index contributed by atoms with van der Waals surface area (Å²) in [7, 11) is -0.281. The highest BCUT2D eigenvalue weighted by atomic mass is 35.5. The number of hydrogen-bond donors (Lipinski definition) is 2. The van der Waals surface area contributed by atoms with Crippen LogP contribution in [-0.4, -0.2) is 75.2 Å². The molecule has 0 saturated carbocycles. The van der Waals surface area contributed by atoms with E-state index >= 15 is 0 Å². The van der Waals surface area contributed by atoms with Gasteiger partial charge in [0.05, 0.1) is 30.2 Å². The molecule has 1 aliphatic rings. The molecular formula is C30H36ClN3O6S. The summed E-state index contributed by atoms with van der Waals surface area (Å²) < 4.78 is 40.2. The number of halogens is 1. The minimum absolute atomic E-state index is 0.0422. The molecule has 0 spiro atoms. The van der Waals surface area contributed by atoms with Crippen LogP contribution in [0.1, 0.15) is 29.8 Å². The smallest absolute Gasteiger partial charge is 0.261 e. The van der Waals surface area contributed by atoms with E-state index in [1.165, 1.54) is 30.3 Å². The van der Waals surface area contributed by atoms with Gasteiger partial charge in [-0.1, -0.05) is 30.7 Å². The van der Waals surface area contributed by atoms with E-state index in [9.17, 15) is 18.3 Å². The standard InChI is InChI=1S/C30H36ClN3O6S/c1-20-16-34(21(2)19-35)30(36)27-15-24(32-41(37,38)26-12-7-23(31)8-13-26)9-14-28(27)40-29(20)18-33(3)17-22-5-10-25(39-4)11-6-22/h5-15,20-21,29,32,35H,16-19H2,1-4H3/t20-,21-,29+/m1/s1. The number of aliphatic hydroxyl groups is 1. The van der Waals surface area contributed by atoms with Crippen molar-refractivity contribution in [2.45, 2.75) is 37.4 Å². The van der Waals surface area contributed by atoms with Crippen molar-refractivity contribution in [3.63, 3.8) is 0 Å². The molecule has 0 fully saturated rings. The number of methoxy groups -OCH3 is 1. The van der Waals surface area contributed by atoms with Gasteiger partial charge in [0.1, 0.15) is 17.6 Å².